The highest BCUT2D eigenvalue weighted by Gasteiger charge is 2.11. The van der Waals surface area contributed by atoms with Crippen LogP contribution in [0.25, 0.3) is 11.0 Å². The van der Waals surface area contributed by atoms with Crippen molar-refractivity contribution in [2.75, 3.05) is 5.73 Å². The molecule has 0 saturated carbocycles. The van der Waals surface area contributed by atoms with Crippen molar-refractivity contribution in [3.8, 4) is 0 Å². The molecule has 1 aromatic carbocycles. The first-order valence-corrected chi connectivity index (χ1v) is 4.52. The Kier molecular flexibility index (Phi) is 2.07. The van der Waals surface area contributed by atoms with E-state index in [1.807, 2.05) is 25.1 Å². The van der Waals surface area contributed by atoms with Crippen molar-refractivity contribution in [2.24, 2.45) is 0 Å². The summed E-state index contributed by atoms with van der Waals surface area (Å²) in [5.74, 6) is -0.691. The number of benzene rings is 1. The van der Waals surface area contributed by atoms with Crippen LogP contribution in [0.15, 0.2) is 18.2 Å². The molecule has 0 unspecified atom stereocenters. The molecule has 0 aliphatic carbocycles. The van der Waals surface area contributed by atoms with Gasteiger partial charge in [0.05, 0.1) is 11.0 Å². The molecule has 0 spiro atoms. The van der Waals surface area contributed by atoms with E-state index in [2.05, 4.69) is 4.98 Å². The van der Waals surface area contributed by atoms with E-state index in [9.17, 15) is 4.79 Å². The molecule has 0 atom stereocenters. The summed E-state index contributed by atoms with van der Waals surface area (Å²) in [6.45, 7) is 1.76. The molecular weight excluding hydrogens is 194 g/mol. The van der Waals surface area contributed by atoms with Crippen molar-refractivity contribution in [1.82, 2.24) is 9.55 Å². The van der Waals surface area contributed by atoms with Crippen LogP contribution in [0.2, 0.25) is 0 Å². The summed E-state index contributed by atoms with van der Waals surface area (Å²) < 4.78 is 1.49. The fraction of sp³-hybridized carbons (Fsp3) is 0.200. The maximum absolute atomic E-state index is 10.6. The Balaban J connectivity index is 2.68. The zero-order valence-electron chi connectivity index (χ0n) is 8.27. The lowest BCUT2D eigenvalue weighted by Gasteiger charge is -2.01. The van der Waals surface area contributed by atoms with Gasteiger partial charge in [-0.1, -0.05) is 12.1 Å². The second-order valence-electron chi connectivity index (χ2n) is 3.39. The lowest BCUT2D eigenvalue weighted by atomic mass is 10.2. The lowest BCUT2D eigenvalue weighted by molar-refractivity contribution is -0.137. The van der Waals surface area contributed by atoms with E-state index in [0.717, 1.165) is 16.6 Å². The monoisotopic (exact) mass is 205 g/mol. The van der Waals surface area contributed by atoms with E-state index >= 15 is 0 Å². The molecule has 0 aliphatic heterocycles. The van der Waals surface area contributed by atoms with Gasteiger partial charge < -0.3 is 10.8 Å². The number of hydrogen-bond donors (Lipinski definition) is 2. The number of carboxylic acid groups (broad SMARTS) is 1. The zero-order valence-corrected chi connectivity index (χ0v) is 8.27. The van der Waals surface area contributed by atoms with Crippen molar-refractivity contribution < 1.29 is 9.90 Å². The summed E-state index contributed by atoms with van der Waals surface area (Å²) in [6, 6.07) is 5.59. The molecule has 0 fully saturated rings. The molecule has 2 rings (SSSR count). The highest BCUT2D eigenvalue weighted by Crippen LogP contribution is 2.20. The summed E-state index contributed by atoms with van der Waals surface area (Å²) in [5.41, 5.74) is 8.17. The van der Waals surface area contributed by atoms with Crippen LogP contribution in [0.1, 0.15) is 5.56 Å². The van der Waals surface area contributed by atoms with Gasteiger partial charge >= 0.3 is 5.97 Å². The summed E-state index contributed by atoms with van der Waals surface area (Å²) in [4.78, 5) is 14.8. The summed E-state index contributed by atoms with van der Waals surface area (Å²) >= 11 is 0. The highest BCUT2D eigenvalue weighted by atomic mass is 16.4. The van der Waals surface area contributed by atoms with Crippen molar-refractivity contribution in [3.05, 3.63) is 23.8 Å². The van der Waals surface area contributed by atoms with Crippen LogP contribution in [0.3, 0.4) is 0 Å². The minimum atomic E-state index is -0.928. The van der Waals surface area contributed by atoms with Gasteiger partial charge in [0.15, 0.2) is 0 Å². The maximum atomic E-state index is 10.6. The van der Waals surface area contributed by atoms with E-state index in [4.69, 9.17) is 10.8 Å². The Hall–Kier alpha value is -2.04. The Morgan fingerprint density at radius 1 is 1.60 bits per heavy atom. The summed E-state index contributed by atoms with van der Waals surface area (Å²) in [6.07, 6.45) is 0. The third-order valence-corrected chi connectivity index (χ3v) is 2.30. The lowest BCUT2D eigenvalue weighted by Crippen LogP contribution is -2.11. The molecular formula is C10H11N3O2. The second-order valence-corrected chi connectivity index (χ2v) is 3.39. The quantitative estimate of drug-likeness (QED) is 0.766. The molecule has 15 heavy (non-hydrogen) atoms. The van der Waals surface area contributed by atoms with Crippen LogP contribution in [0.5, 0.6) is 0 Å². The van der Waals surface area contributed by atoms with Crippen LogP contribution in [-0.4, -0.2) is 20.6 Å². The average Bonchev–Trinajstić information content (AvgIpc) is 2.45. The zero-order chi connectivity index (χ0) is 11.0. The number of carbonyl (C=O) groups is 1. The minimum absolute atomic E-state index is 0.161. The van der Waals surface area contributed by atoms with Gasteiger partial charge in [-0.2, -0.15) is 0 Å². The number of para-hydroxylation sites is 1. The van der Waals surface area contributed by atoms with Crippen LogP contribution in [0, 0.1) is 6.92 Å². The van der Waals surface area contributed by atoms with Crippen molar-refractivity contribution in [1.29, 1.82) is 0 Å². The number of fused-ring (bicyclic) bond motifs is 1. The van der Waals surface area contributed by atoms with E-state index in [1.54, 1.807) is 0 Å². The number of nitrogens with two attached hydrogens (primary N) is 1. The normalized spacial score (nSPS) is 10.7. The Morgan fingerprint density at radius 2 is 2.33 bits per heavy atom. The second kappa shape index (κ2) is 3.27. The molecule has 0 amide bonds. The number of carboxylic acids is 1. The Labute approximate surface area is 86.1 Å². The number of imidazole rings is 1. The van der Waals surface area contributed by atoms with Crippen molar-refractivity contribution in [3.63, 3.8) is 0 Å². The van der Waals surface area contributed by atoms with Crippen molar-refractivity contribution in [2.45, 2.75) is 13.5 Å². The van der Waals surface area contributed by atoms with Crippen LogP contribution >= 0.6 is 0 Å². The topological polar surface area (TPSA) is 81.1 Å². The molecule has 3 N–H and O–H groups in total. The highest BCUT2D eigenvalue weighted by molar-refractivity contribution is 5.83. The number of aryl methyl sites for hydroxylation is 1. The average molecular weight is 205 g/mol. The van der Waals surface area contributed by atoms with Crippen molar-refractivity contribution >= 4 is 23.0 Å². The number of aromatic nitrogens is 2. The van der Waals surface area contributed by atoms with Gasteiger partial charge in [-0.3, -0.25) is 9.36 Å². The van der Waals surface area contributed by atoms with Crippen LogP contribution in [-0.2, 0) is 11.3 Å². The molecule has 0 bridgehead atoms. The van der Waals surface area contributed by atoms with E-state index < -0.39 is 5.97 Å². The number of rotatable bonds is 2. The number of anilines is 1. The van der Waals surface area contributed by atoms with Gasteiger partial charge in [-0.15, -0.1) is 0 Å². The van der Waals surface area contributed by atoms with Crippen LogP contribution in [0.4, 0.5) is 5.95 Å². The maximum Gasteiger partial charge on any atom is 0.323 e. The minimum Gasteiger partial charge on any atom is -0.480 e. The van der Waals surface area contributed by atoms with E-state index in [0.29, 0.717) is 0 Å². The first-order chi connectivity index (χ1) is 7.09. The third-order valence-electron chi connectivity index (χ3n) is 2.30. The first kappa shape index (κ1) is 9.51. The fourth-order valence-corrected chi connectivity index (χ4v) is 1.61. The molecule has 2 aromatic rings. The third kappa shape index (κ3) is 1.52. The SMILES string of the molecule is Cc1cccc2c1nc(N)n2CC(=O)O. The van der Waals surface area contributed by atoms with Crippen LogP contribution < -0.4 is 5.73 Å². The first-order valence-electron chi connectivity index (χ1n) is 4.52. The molecule has 0 aliphatic rings. The molecule has 1 aromatic heterocycles. The standard InChI is InChI=1S/C10H11N3O2/c1-6-3-2-4-7-9(6)12-10(11)13(7)5-8(14)15/h2-4H,5H2,1H3,(H2,11,12)(H,14,15). The predicted molar refractivity (Wildman–Crippen MR) is 56.5 cm³/mol. The van der Waals surface area contributed by atoms with Gasteiger partial charge in [0.25, 0.3) is 0 Å². The molecule has 1 heterocycles. The smallest absolute Gasteiger partial charge is 0.323 e. The Bertz CT molecular complexity index is 531. The number of nitrogen functional groups attached to an aromatic ring is 1. The number of hydrogen-bond acceptors (Lipinski definition) is 3. The van der Waals surface area contributed by atoms with E-state index in [1.165, 1.54) is 4.57 Å². The van der Waals surface area contributed by atoms with Gasteiger partial charge in [0, 0.05) is 0 Å². The predicted octanol–water partition coefficient (Wildman–Crippen LogP) is 1.01. The summed E-state index contributed by atoms with van der Waals surface area (Å²) in [7, 11) is 0. The molecule has 5 heteroatoms. The van der Waals surface area contributed by atoms with Gasteiger partial charge in [-0.05, 0) is 18.6 Å². The fourth-order valence-electron chi connectivity index (χ4n) is 1.61. The number of nitrogens with zero attached hydrogens (tertiary/aromatic N) is 2. The van der Waals surface area contributed by atoms with E-state index in [-0.39, 0.29) is 12.5 Å². The summed E-state index contributed by atoms with van der Waals surface area (Å²) in [5, 5.41) is 8.73. The molecule has 0 radical (unpaired) electrons. The Morgan fingerprint density at radius 3 is 3.00 bits per heavy atom. The molecule has 78 valence electrons. The number of aliphatic carboxylic acids is 1. The van der Waals surface area contributed by atoms with Gasteiger partial charge in [-0.25, -0.2) is 4.98 Å². The molecule has 0 saturated heterocycles. The largest absolute Gasteiger partial charge is 0.480 e. The van der Waals surface area contributed by atoms with Gasteiger partial charge in [0.1, 0.15) is 6.54 Å². The van der Waals surface area contributed by atoms with Gasteiger partial charge in [0.2, 0.25) is 5.95 Å². The molecule has 5 nitrogen and oxygen atoms in total.